The molecule has 0 aliphatic rings. The number of nitrogen functional groups attached to an aromatic ring is 1. The predicted molar refractivity (Wildman–Crippen MR) is 69.6 cm³/mol. The lowest BCUT2D eigenvalue weighted by Gasteiger charge is -2.12. The van der Waals surface area contributed by atoms with Gasteiger partial charge in [0.15, 0.2) is 0 Å². The number of hydrogen-bond acceptors (Lipinski definition) is 3. The van der Waals surface area contributed by atoms with Crippen LogP contribution in [0.2, 0.25) is 0 Å². The highest BCUT2D eigenvalue weighted by atomic mass is 16.3. The first kappa shape index (κ1) is 11.7. The molecule has 0 aliphatic heterocycles. The van der Waals surface area contributed by atoms with Crippen molar-refractivity contribution in [1.82, 2.24) is 5.32 Å². The van der Waals surface area contributed by atoms with Crippen molar-refractivity contribution in [2.24, 2.45) is 0 Å². The third kappa shape index (κ3) is 2.88. The Balaban J connectivity index is 1.97. The van der Waals surface area contributed by atoms with E-state index in [0.29, 0.717) is 0 Å². The first-order valence-corrected chi connectivity index (χ1v) is 5.80. The summed E-state index contributed by atoms with van der Waals surface area (Å²) in [6.45, 7) is 4.77. The van der Waals surface area contributed by atoms with E-state index in [4.69, 9.17) is 10.2 Å². The lowest BCUT2D eigenvalue weighted by molar-refractivity contribution is 0.416. The van der Waals surface area contributed by atoms with Crippen LogP contribution in [0.15, 0.2) is 40.8 Å². The van der Waals surface area contributed by atoms with Gasteiger partial charge in [-0.05, 0) is 37.6 Å². The summed E-state index contributed by atoms with van der Waals surface area (Å²) in [6.07, 6.45) is 0. The van der Waals surface area contributed by atoms with Gasteiger partial charge in [-0.3, -0.25) is 0 Å². The Morgan fingerprint density at radius 3 is 2.65 bits per heavy atom. The van der Waals surface area contributed by atoms with Crippen LogP contribution in [0.5, 0.6) is 0 Å². The molecule has 1 aromatic carbocycles. The van der Waals surface area contributed by atoms with Gasteiger partial charge in [0.25, 0.3) is 0 Å². The van der Waals surface area contributed by atoms with Crippen LogP contribution in [0.1, 0.15) is 30.0 Å². The highest BCUT2D eigenvalue weighted by molar-refractivity contribution is 5.46. The zero-order valence-electron chi connectivity index (χ0n) is 10.2. The van der Waals surface area contributed by atoms with Crippen molar-refractivity contribution in [2.75, 3.05) is 5.73 Å². The maximum atomic E-state index is 5.89. The van der Waals surface area contributed by atoms with E-state index in [1.165, 1.54) is 0 Å². The molecule has 0 aliphatic carbocycles. The summed E-state index contributed by atoms with van der Waals surface area (Å²) < 4.78 is 5.57. The molecule has 0 radical (unpaired) electrons. The van der Waals surface area contributed by atoms with E-state index in [2.05, 4.69) is 12.2 Å². The second-order valence-corrected chi connectivity index (χ2v) is 4.25. The SMILES string of the molecule is Cc1ccc(C(C)NCc2ccccc2N)o1. The first-order chi connectivity index (χ1) is 8.16. The number of anilines is 1. The quantitative estimate of drug-likeness (QED) is 0.794. The minimum absolute atomic E-state index is 0.184. The van der Waals surface area contributed by atoms with Crippen molar-refractivity contribution in [1.29, 1.82) is 0 Å². The van der Waals surface area contributed by atoms with Gasteiger partial charge in [0.2, 0.25) is 0 Å². The van der Waals surface area contributed by atoms with Gasteiger partial charge in [0, 0.05) is 12.2 Å². The molecule has 1 heterocycles. The molecule has 3 N–H and O–H groups in total. The maximum absolute atomic E-state index is 5.89. The number of nitrogens with one attached hydrogen (secondary N) is 1. The average molecular weight is 230 g/mol. The molecule has 0 amide bonds. The number of furan rings is 1. The Labute approximate surface area is 102 Å². The van der Waals surface area contributed by atoms with Crippen LogP contribution in [0.4, 0.5) is 5.69 Å². The van der Waals surface area contributed by atoms with E-state index in [1.807, 2.05) is 43.3 Å². The van der Waals surface area contributed by atoms with Gasteiger partial charge >= 0.3 is 0 Å². The summed E-state index contributed by atoms with van der Waals surface area (Å²) in [7, 11) is 0. The van der Waals surface area contributed by atoms with E-state index >= 15 is 0 Å². The van der Waals surface area contributed by atoms with E-state index in [0.717, 1.165) is 29.3 Å². The third-order valence-electron chi connectivity index (χ3n) is 2.84. The highest BCUT2D eigenvalue weighted by Crippen LogP contribution is 2.17. The van der Waals surface area contributed by atoms with Gasteiger partial charge in [-0.2, -0.15) is 0 Å². The number of hydrogen-bond donors (Lipinski definition) is 2. The van der Waals surface area contributed by atoms with Crippen LogP contribution in [0, 0.1) is 6.92 Å². The Morgan fingerprint density at radius 2 is 2.00 bits per heavy atom. The largest absolute Gasteiger partial charge is 0.465 e. The third-order valence-corrected chi connectivity index (χ3v) is 2.84. The predicted octanol–water partition coefficient (Wildman–Crippen LogP) is 3.02. The normalized spacial score (nSPS) is 12.6. The minimum Gasteiger partial charge on any atom is -0.465 e. The molecule has 0 saturated heterocycles. The van der Waals surface area contributed by atoms with Gasteiger partial charge in [0.05, 0.1) is 6.04 Å². The molecule has 0 fully saturated rings. The Kier molecular flexibility index (Phi) is 3.49. The molecular formula is C14H18N2O. The number of rotatable bonds is 4. The van der Waals surface area contributed by atoms with E-state index < -0.39 is 0 Å². The van der Waals surface area contributed by atoms with Crippen molar-refractivity contribution >= 4 is 5.69 Å². The topological polar surface area (TPSA) is 51.2 Å². The second-order valence-electron chi connectivity index (χ2n) is 4.25. The van der Waals surface area contributed by atoms with Gasteiger partial charge in [0.1, 0.15) is 11.5 Å². The number of benzene rings is 1. The lowest BCUT2D eigenvalue weighted by Crippen LogP contribution is -2.18. The van der Waals surface area contributed by atoms with Crippen molar-refractivity contribution in [3.05, 3.63) is 53.5 Å². The molecule has 3 heteroatoms. The summed E-state index contributed by atoms with van der Waals surface area (Å²) in [4.78, 5) is 0. The first-order valence-electron chi connectivity index (χ1n) is 5.80. The summed E-state index contributed by atoms with van der Waals surface area (Å²) in [5.41, 5.74) is 7.82. The Morgan fingerprint density at radius 1 is 1.24 bits per heavy atom. The Hall–Kier alpha value is -1.74. The summed E-state index contributed by atoms with van der Waals surface area (Å²) in [6, 6.07) is 12.0. The van der Waals surface area contributed by atoms with Crippen LogP contribution in [-0.4, -0.2) is 0 Å². The molecular weight excluding hydrogens is 212 g/mol. The van der Waals surface area contributed by atoms with Crippen LogP contribution in [0.25, 0.3) is 0 Å². The minimum atomic E-state index is 0.184. The van der Waals surface area contributed by atoms with E-state index in [1.54, 1.807) is 0 Å². The molecule has 2 rings (SSSR count). The summed E-state index contributed by atoms with van der Waals surface area (Å²) in [5.74, 6) is 1.89. The molecule has 1 atom stereocenters. The molecule has 0 bridgehead atoms. The van der Waals surface area contributed by atoms with Gasteiger partial charge in [-0.25, -0.2) is 0 Å². The fraction of sp³-hybridized carbons (Fsp3) is 0.286. The number of aryl methyl sites for hydroxylation is 1. The number of nitrogens with two attached hydrogens (primary N) is 1. The van der Waals surface area contributed by atoms with Gasteiger partial charge in [-0.1, -0.05) is 18.2 Å². The zero-order valence-corrected chi connectivity index (χ0v) is 10.2. The van der Waals surface area contributed by atoms with Crippen LogP contribution >= 0.6 is 0 Å². The van der Waals surface area contributed by atoms with E-state index in [-0.39, 0.29) is 6.04 Å². The Bertz CT molecular complexity index is 490. The fourth-order valence-electron chi connectivity index (χ4n) is 1.74. The van der Waals surface area contributed by atoms with Crippen molar-refractivity contribution in [3.8, 4) is 0 Å². The monoisotopic (exact) mass is 230 g/mol. The van der Waals surface area contributed by atoms with E-state index in [9.17, 15) is 0 Å². The number of para-hydroxylation sites is 1. The molecule has 90 valence electrons. The standard InChI is InChI=1S/C14H18N2O/c1-10-7-8-14(17-10)11(2)16-9-12-5-3-4-6-13(12)15/h3-8,11,16H,9,15H2,1-2H3. The lowest BCUT2D eigenvalue weighted by atomic mass is 10.1. The van der Waals surface area contributed by atoms with Crippen LogP contribution in [0.3, 0.4) is 0 Å². The molecule has 0 saturated carbocycles. The fourth-order valence-corrected chi connectivity index (χ4v) is 1.74. The van der Waals surface area contributed by atoms with Gasteiger partial charge in [-0.15, -0.1) is 0 Å². The second kappa shape index (κ2) is 5.06. The van der Waals surface area contributed by atoms with Crippen molar-refractivity contribution in [2.45, 2.75) is 26.4 Å². The highest BCUT2D eigenvalue weighted by Gasteiger charge is 2.09. The van der Waals surface area contributed by atoms with Crippen molar-refractivity contribution in [3.63, 3.8) is 0 Å². The molecule has 1 unspecified atom stereocenters. The molecule has 1 aromatic heterocycles. The molecule has 17 heavy (non-hydrogen) atoms. The van der Waals surface area contributed by atoms with Gasteiger partial charge < -0.3 is 15.5 Å². The maximum Gasteiger partial charge on any atom is 0.120 e. The van der Waals surface area contributed by atoms with Crippen molar-refractivity contribution < 1.29 is 4.42 Å². The summed E-state index contributed by atoms with van der Waals surface area (Å²) in [5, 5.41) is 3.40. The zero-order chi connectivity index (χ0) is 12.3. The summed E-state index contributed by atoms with van der Waals surface area (Å²) >= 11 is 0. The van der Waals surface area contributed by atoms with Crippen LogP contribution < -0.4 is 11.1 Å². The molecule has 2 aromatic rings. The molecule has 0 spiro atoms. The smallest absolute Gasteiger partial charge is 0.120 e. The van der Waals surface area contributed by atoms with Crippen LogP contribution in [-0.2, 0) is 6.54 Å². The average Bonchev–Trinajstić information content (AvgIpc) is 2.74. The molecule has 3 nitrogen and oxygen atoms in total.